The van der Waals surface area contributed by atoms with E-state index < -0.39 is 10.0 Å². The van der Waals surface area contributed by atoms with Crippen molar-refractivity contribution in [3.63, 3.8) is 0 Å². The molecular formula is C21H24ClN3O2S. The molecule has 1 heterocycles. The van der Waals surface area contributed by atoms with Crippen LogP contribution in [0, 0.1) is 13.8 Å². The number of nitrogens with zero attached hydrogens (tertiary/aromatic N) is 3. The first-order chi connectivity index (χ1) is 13.3. The molecule has 0 N–H and O–H groups in total. The predicted octanol–water partition coefficient (Wildman–Crippen LogP) is 4.16. The minimum Gasteiger partial charge on any atom is -0.265 e. The van der Waals surface area contributed by atoms with E-state index in [1.807, 2.05) is 73.1 Å². The number of rotatable bonds is 7. The number of benzene rings is 2. The van der Waals surface area contributed by atoms with E-state index >= 15 is 0 Å². The number of halogens is 1. The molecule has 7 heteroatoms. The molecule has 0 aliphatic rings. The highest BCUT2D eigenvalue weighted by atomic mass is 35.5. The van der Waals surface area contributed by atoms with Crippen molar-refractivity contribution in [3.05, 3.63) is 87.7 Å². The number of hydrogen-bond donors (Lipinski definition) is 0. The molecule has 148 valence electrons. The van der Waals surface area contributed by atoms with Crippen molar-refractivity contribution in [2.24, 2.45) is 0 Å². The van der Waals surface area contributed by atoms with Gasteiger partial charge in [-0.2, -0.15) is 5.10 Å². The fourth-order valence-electron chi connectivity index (χ4n) is 3.12. The Bertz CT molecular complexity index is 1060. The van der Waals surface area contributed by atoms with Crippen LogP contribution in [-0.2, 0) is 28.9 Å². The van der Waals surface area contributed by atoms with Crippen LogP contribution >= 0.6 is 11.6 Å². The van der Waals surface area contributed by atoms with Crippen LogP contribution in [0.25, 0.3) is 0 Å². The van der Waals surface area contributed by atoms with Crippen molar-refractivity contribution in [2.75, 3.05) is 7.05 Å². The third kappa shape index (κ3) is 4.63. The molecule has 0 amide bonds. The average molecular weight is 418 g/mol. The fourth-order valence-corrected chi connectivity index (χ4v) is 4.48. The van der Waals surface area contributed by atoms with Gasteiger partial charge in [0.05, 0.1) is 18.0 Å². The summed E-state index contributed by atoms with van der Waals surface area (Å²) in [5.74, 6) is -0.0177. The Balaban J connectivity index is 1.79. The van der Waals surface area contributed by atoms with Gasteiger partial charge < -0.3 is 0 Å². The number of aryl methyl sites for hydroxylation is 1. The van der Waals surface area contributed by atoms with Crippen LogP contribution in [0.3, 0.4) is 0 Å². The maximum absolute atomic E-state index is 12.8. The van der Waals surface area contributed by atoms with Crippen LogP contribution in [0.4, 0.5) is 0 Å². The van der Waals surface area contributed by atoms with Crippen molar-refractivity contribution >= 4 is 21.6 Å². The molecular weight excluding hydrogens is 394 g/mol. The largest absolute Gasteiger partial charge is 0.265 e. The minimum absolute atomic E-state index is 0.0177. The van der Waals surface area contributed by atoms with E-state index in [1.54, 1.807) is 7.05 Å². The summed E-state index contributed by atoms with van der Waals surface area (Å²) < 4.78 is 28.8. The zero-order valence-corrected chi connectivity index (χ0v) is 17.8. The molecule has 2 aromatic carbocycles. The fraction of sp³-hybridized carbons (Fsp3) is 0.286. The van der Waals surface area contributed by atoms with Crippen molar-refractivity contribution in [3.8, 4) is 0 Å². The van der Waals surface area contributed by atoms with Crippen LogP contribution in [0.15, 0.2) is 54.6 Å². The lowest BCUT2D eigenvalue weighted by Gasteiger charge is -2.17. The zero-order chi connectivity index (χ0) is 20.3. The standard InChI is InChI=1S/C21H24ClN3O2S/c1-16-20(14-24(3)28(26,27)15-18-9-5-4-6-10-18)17(2)25(23-16)13-19-11-7-8-12-21(19)22/h4-12H,13-15H2,1-3H3. The smallest absolute Gasteiger partial charge is 0.218 e. The second-order valence-electron chi connectivity index (χ2n) is 6.90. The van der Waals surface area contributed by atoms with Crippen LogP contribution < -0.4 is 0 Å². The monoisotopic (exact) mass is 417 g/mol. The van der Waals surface area contributed by atoms with E-state index in [1.165, 1.54) is 4.31 Å². The summed E-state index contributed by atoms with van der Waals surface area (Å²) >= 11 is 6.27. The van der Waals surface area contributed by atoms with E-state index in [9.17, 15) is 8.42 Å². The molecule has 0 radical (unpaired) electrons. The minimum atomic E-state index is -3.43. The van der Waals surface area contributed by atoms with Crippen LogP contribution in [0.5, 0.6) is 0 Å². The molecule has 0 bridgehead atoms. The Morgan fingerprint density at radius 1 is 1.04 bits per heavy atom. The molecule has 0 saturated carbocycles. The lowest BCUT2D eigenvalue weighted by Crippen LogP contribution is -2.28. The Morgan fingerprint density at radius 3 is 2.36 bits per heavy atom. The van der Waals surface area contributed by atoms with Gasteiger partial charge in [-0.25, -0.2) is 12.7 Å². The Labute approximate surface area is 171 Å². The van der Waals surface area contributed by atoms with E-state index in [0.29, 0.717) is 11.6 Å². The third-order valence-electron chi connectivity index (χ3n) is 4.86. The zero-order valence-electron chi connectivity index (χ0n) is 16.3. The molecule has 5 nitrogen and oxygen atoms in total. The maximum atomic E-state index is 12.8. The van der Waals surface area contributed by atoms with E-state index in [0.717, 1.165) is 28.1 Å². The summed E-state index contributed by atoms with van der Waals surface area (Å²) in [6.07, 6.45) is 0. The SMILES string of the molecule is Cc1nn(Cc2ccccc2Cl)c(C)c1CN(C)S(=O)(=O)Cc1ccccc1. The van der Waals surface area contributed by atoms with Crippen molar-refractivity contribution in [1.29, 1.82) is 0 Å². The molecule has 0 spiro atoms. The predicted molar refractivity (Wildman–Crippen MR) is 113 cm³/mol. The average Bonchev–Trinajstić information content (AvgIpc) is 2.91. The highest BCUT2D eigenvalue weighted by molar-refractivity contribution is 7.88. The second-order valence-corrected chi connectivity index (χ2v) is 9.38. The normalized spacial score (nSPS) is 11.9. The summed E-state index contributed by atoms with van der Waals surface area (Å²) in [6.45, 7) is 4.70. The molecule has 0 aliphatic carbocycles. The number of aromatic nitrogens is 2. The van der Waals surface area contributed by atoms with Crippen molar-refractivity contribution in [1.82, 2.24) is 14.1 Å². The topological polar surface area (TPSA) is 55.2 Å². The molecule has 28 heavy (non-hydrogen) atoms. The third-order valence-corrected chi connectivity index (χ3v) is 7.00. The molecule has 0 fully saturated rings. The summed E-state index contributed by atoms with van der Waals surface area (Å²) in [4.78, 5) is 0. The van der Waals surface area contributed by atoms with Gasteiger partial charge in [0.15, 0.2) is 0 Å². The summed E-state index contributed by atoms with van der Waals surface area (Å²) in [5.41, 5.74) is 4.44. The Hall–Kier alpha value is -2.15. The van der Waals surface area contributed by atoms with Gasteiger partial charge in [-0.1, -0.05) is 60.1 Å². The summed E-state index contributed by atoms with van der Waals surface area (Å²) in [5, 5.41) is 5.30. The highest BCUT2D eigenvalue weighted by Crippen LogP contribution is 2.21. The Morgan fingerprint density at radius 2 is 1.68 bits per heavy atom. The van der Waals surface area contributed by atoms with Gasteiger partial charge in [0, 0.05) is 29.9 Å². The molecule has 0 unspecified atom stereocenters. The van der Waals surface area contributed by atoms with Gasteiger partial charge >= 0.3 is 0 Å². The van der Waals surface area contributed by atoms with Crippen LogP contribution in [-0.4, -0.2) is 29.6 Å². The van der Waals surface area contributed by atoms with E-state index in [4.69, 9.17) is 11.6 Å². The van der Waals surface area contributed by atoms with Gasteiger partial charge in [-0.3, -0.25) is 4.68 Å². The lowest BCUT2D eigenvalue weighted by molar-refractivity contribution is 0.464. The molecule has 3 aromatic rings. The maximum Gasteiger partial charge on any atom is 0.218 e. The van der Waals surface area contributed by atoms with Crippen molar-refractivity contribution < 1.29 is 8.42 Å². The second kappa shape index (κ2) is 8.47. The molecule has 1 aromatic heterocycles. The van der Waals surface area contributed by atoms with Crippen LogP contribution in [0.1, 0.15) is 28.1 Å². The quantitative estimate of drug-likeness (QED) is 0.579. The first-order valence-electron chi connectivity index (χ1n) is 9.02. The molecule has 0 atom stereocenters. The Kier molecular flexibility index (Phi) is 6.23. The van der Waals surface area contributed by atoms with Crippen LogP contribution in [0.2, 0.25) is 5.02 Å². The molecule has 0 aliphatic heterocycles. The number of hydrogen-bond acceptors (Lipinski definition) is 3. The molecule has 0 saturated heterocycles. The van der Waals surface area contributed by atoms with Gasteiger partial charge in [0.2, 0.25) is 10.0 Å². The van der Waals surface area contributed by atoms with Gasteiger partial charge in [-0.15, -0.1) is 0 Å². The van der Waals surface area contributed by atoms with Gasteiger partial charge in [0.25, 0.3) is 0 Å². The lowest BCUT2D eigenvalue weighted by atomic mass is 10.2. The summed E-state index contributed by atoms with van der Waals surface area (Å²) in [7, 11) is -1.81. The molecule has 3 rings (SSSR count). The van der Waals surface area contributed by atoms with Gasteiger partial charge in [0.1, 0.15) is 0 Å². The number of sulfonamides is 1. The first-order valence-corrected chi connectivity index (χ1v) is 11.0. The van der Waals surface area contributed by atoms with Crippen molar-refractivity contribution in [2.45, 2.75) is 32.7 Å². The first kappa shape index (κ1) is 20.6. The van der Waals surface area contributed by atoms with E-state index in [2.05, 4.69) is 5.10 Å². The van der Waals surface area contributed by atoms with E-state index in [-0.39, 0.29) is 12.3 Å². The highest BCUT2D eigenvalue weighted by Gasteiger charge is 2.22. The summed E-state index contributed by atoms with van der Waals surface area (Å²) in [6, 6.07) is 16.9. The van der Waals surface area contributed by atoms with Gasteiger partial charge in [-0.05, 0) is 31.0 Å².